The Labute approximate surface area is 177 Å². The molecule has 1 heterocycles. The topological polar surface area (TPSA) is 54.2 Å². The van der Waals surface area contributed by atoms with Gasteiger partial charge in [-0.2, -0.15) is 5.10 Å². The minimum atomic E-state index is 0. The second-order valence-electron chi connectivity index (χ2n) is 6.02. The van der Waals surface area contributed by atoms with E-state index in [1.165, 1.54) is 16.7 Å². The molecule has 0 fully saturated rings. The first kappa shape index (κ1) is 21.0. The number of aryl methyl sites for hydroxylation is 1. The van der Waals surface area contributed by atoms with Crippen LogP contribution in [0.15, 0.2) is 72.0 Å². The van der Waals surface area contributed by atoms with Crippen molar-refractivity contribution in [3.05, 3.63) is 83.7 Å². The lowest BCUT2D eigenvalue weighted by molar-refractivity contribution is 0.800. The van der Waals surface area contributed by atoms with E-state index in [0.717, 1.165) is 24.6 Å². The second-order valence-corrected chi connectivity index (χ2v) is 6.02. The molecular weight excluding hydrogens is 449 g/mol. The maximum atomic E-state index is 4.32. The number of benzene rings is 2. The van der Waals surface area contributed by atoms with Gasteiger partial charge >= 0.3 is 0 Å². The molecule has 0 amide bonds. The van der Waals surface area contributed by atoms with Crippen molar-refractivity contribution in [3.63, 3.8) is 0 Å². The predicted molar refractivity (Wildman–Crippen MR) is 122 cm³/mol. The SMILES string of the molecule is CCc1ccccc1CNC(=NC)NCc1cccc(-n2cccn2)c1.I. The molecule has 0 bridgehead atoms. The molecule has 142 valence electrons. The summed E-state index contributed by atoms with van der Waals surface area (Å²) in [4.78, 5) is 4.32. The van der Waals surface area contributed by atoms with Crippen molar-refractivity contribution in [3.8, 4) is 5.69 Å². The Morgan fingerprint density at radius 2 is 1.78 bits per heavy atom. The second kappa shape index (κ2) is 10.7. The van der Waals surface area contributed by atoms with E-state index in [-0.39, 0.29) is 24.0 Å². The molecule has 3 aromatic rings. The molecule has 0 saturated heterocycles. The van der Waals surface area contributed by atoms with Gasteiger partial charge in [-0.3, -0.25) is 4.99 Å². The molecule has 2 aromatic carbocycles. The summed E-state index contributed by atoms with van der Waals surface area (Å²) < 4.78 is 1.86. The van der Waals surface area contributed by atoms with Gasteiger partial charge in [0.2, 0.25) is 0 Å². The lowest BCUT2D eigenvalue weighted by Gasteiger charge is -2.14. The van der Waals surface area contributed by atoms with Crippen molar-refractivity contribution in [2.24, 2.45) is 4.99 Å². The maximum absolute atomic E-state index is 4.32. The molecule has 0 aliphatic rings. The highest BCUT2D eigenvalue weighted by molar-refractivity contribution is 14.0. The Morgan fingerprint density at radius 3 is 2.48 bits per heavy atom. The van der Waals surface area contributed by atoms with Gasteiger partial charge in [-0.15, -0.1) is 24.0 Å². The number of halogens is 1. The Hall–Kier alpha value is -2.35. The number of nitrogens with one attached hydrogen (secondary N) is 2. The summed E-state index contributed by atoms with van der Waals surface area (Å²) in [6.45, 7) is 3.64. The van der Waals surface area contributed by atoms with Gasteiger partial charge in [0, 0.05) is 32.5 Å². The quantitative estimate of drug-likeness (QED) is 0.323. The number of aromatic nitrogens is 2. The van der Waals surface area contributed by atoms with Crippen LogP contribution in [-0.2, 0) is 19.5 Å². The lowest BCUT2D eigenvalue weighted by atomic mass is 10.1. The first-order chi connectivity index (χ1) is 12.8. The molecule has 2 N–H and O–H groups in total. The van der Waals surface area contributed by atoms with Crippen LogP contribution in [0.1, 0.15) is 23.6 Å². The molecule has 0 radical (unpaired) electrons. The average Bonchev–Trinajstić information content (AvgIpc) is 3.23. The third-order valence-corrected chi connectivity index (χ3v) is 4.31. The van der Waals surface area contributed by atoms with Crippen LogP contribution in [0.2, 0.25) is 0 Å². The standard InChI is InChI=1S/C21H25N5.HI/c1-3-18-9-4-5-10-19(18)16-24-21(22-2)23-15-17-8-6-11-20(14-17)26-13-7-12-25-26;/h4-14H,3,15-16H2,1-2H3,(H2,22,23,24);1H. The van der Waals surface area contributed by atoms with E-state index in [1.807, 2.05) is 29.1 Å². The first-order valence-electron chi connectivity index (χ1n) is 8.90. The molecule has 0 atom stereocenters. The predicted octanol–water partition coefficient (Wildman–Crippen LogP) is 3.92. The zero-order chi connectivity index (χ0) is 18.2. The molecule has 0 unspecified atom stereocenters. The summed E-state index contributed by atoms with van der Waals surface area (Å²) in [5.41, 5.74) is 4.89. The van der Waals surface area contributed by atoms with Gasteiger partial charge in [-0.1, -0.05) is 43.3 Å². The van der Waals surface area contributed by atoms with Crippen LogP contribution in [0.4, 0.5) is 0 Å². The zero-order valence-electron chi connectivity index (χ0n) is 15.7. The summed E-state index contributed by atoms with van der Waals surface area (Å²) in [5, 5.41) is 11.0. The number of hydrogen-bond acceptors (Lipinski definition) is 2. The number of guanidine groups is 1. The number of hydrogen-bond donors (Lipinski definition) is 2. The van der Waals surface area contributed by atoms with Crippen molar-refractivity contribution in [2.45, 2.75) is 26.4 Å². The summed E-state index contributed by atoms with van der Waals surface area (Å²) in [6.07, 6.45) is 4.76. The molecule has 5 nitrogen and oxygen atoms in total. The maximum Gasteiger partial charge on any atom is 0.191 e. The Morgan fingerprint density at radius 1 is 1.00 bits per heavy atom. The summed E-state index contributed by atoms with van der Waals surface area (Å²) in [5.74, 6) is 0.792. The Bertz CT molecular complexity index is 859. The first-order valence-corrected chi connectivity index (χ1v) is 8.90. The van der Waals surface area contributed by atoms with Gasteiger partial charge in [0.25, 0.3) is 0 Å². The number of aliphatic imine (C=N–C) groups is 1. The Balaban J connectivity index is 0.00000261. The molecular formula is C21H26IN5. The highest BCUT2D eigenvalue weighted by atomic mass is 127. The van der Waals surface area contributed by atoms with E-state index >= 15 is 0 Å². The van der Waals surface area contributed by atoms with Gasteiger partial charge in [0.05, 0.1) is 5.69 Å². The fourth-order valence-corrected chi connectivity index (χ4v) is 2.89. The minimum absolute atomic E-state index is 0. The van der Waals surface area contributed by atoms with Crippen molar-refractivity contribution in [2.75, 3.05) is 7.05 Å². The molecule has 0 spiro atoms. The summed E-state index contributed by atoms with van der Waals surface area (Å²) in [6, 6.07) is 18.7. The van der Waals surface area contributed by atoms with Gasteiger partial charge in [-0.25, -0.2) is 4.68 Å². The van der Waals surface area contributed by atoms with Crippen LogP contribution in [-0.4, -0.2) is 22.8 Å². The van der Waals surface area contributed by atoms with Gasteiger partial charge in [0.15, 0.2) is 5.96 Å². The lowest BCUT2D eigenvalue weighted by Crippen LogP contribution is -2.36. The van der Waals surface area contributed by atoms with Crippen LogP contribution >= 0.6 is 24.0 Å². The molecule has 3 rings (SSSR count). The van der Waals surface area contributed by atoms with E-state index in [0.29, 0.717) is 6.54 Å². The average molecular weight is 475 g/mol. The van der Waals surface area contributed by atoms with E-state index in [2.05, 4.69) is 64.0 Å². The highest BCUT2D eigenvalue weighted by Gasteiger charge is 2.03. The zero-order valence-corrected chi connectivity index (χ0v) is 18.1. The van der Waals surface area contributed by atoms with Crippen LogP contribution < -0.4 is 10.6 Å². The third kappa shape index (κ3) is 5.82. The highest BCUT2D eigenvalue weighted by Crippen LogP contribution is 2.10. The smallest absolute Gasteiger partial charge is 0.191 e. The number of rotatable bonds is 6. The van der Waals surface area contributed by atoms with E-state index in [4.69, 9.17) is 0 Å². The molecule has 0 aliphatic heterocycles. The third-order valence-electron chi connectivity index (χ3n) is 4.31. The normalized spacial score (nSPS) is 11.0. The minimum Gasteiger partial charge on any atom is -0.352 e. The number of nitrogens with zero attached hydrogens (tertiary/aromatic N) is 3. The van der Waals surface area contributed by atoms with Gasteiger partial charge in [-0.05, 0) is 41.3 Å². The van der Waals surface area contributed by atoms with Crippen molar-refractivity contribution in [1.29, 1.82) is 0 Å². The van der Waals surface area contributed by atoms with Gasteiger partial charge in [0.1, 0.15) is 0 Å². The van der Waals surface area contributed by atoms with Crippen LogP contribution in [0.5, 0.6) is 0 Å². The molecule has 0 aliphatic carbocycles. The monoisotopic (exact) mass is 475 g/mol. The molecule has 0 saturated carbocycles. The molecule has 6 heteroatoms. The fourth-order valence-electron chi connectivity index (χ4n) is 2.89. The van der Waals surface area contributed by atoms with Crippen LogP contribution in [0, 0.1) is 0 Å². The largest absolute Gasteiger partial charge is 0.352 e. The summed E-state index contributed by atoms with van der Waals surface area (Å²) >= 11 is 0. The van der Waals surface area contributed by atoms with E-state index < -0.39 is 0 Å². The van der Waals surface area contributed by atoms with Crippen LogP contribution in [0.25, 0.3) is 5.69 Å². The van der Waals surface area contributed by atoms with Crippen molar-refractivity contribution in [1.82, 2.24) is 20.4 Å². The van der Waals surface area contributed by atoms with Gasteiger partial charge < -0.3 is 10.6 Å². The molecule has 1 aromatic heterocycles. The van der Waals surface area contributed by atoms with Crippen molar-refractivity contribution >= 4 is 29.9 Å². The van der Waals surface area contributed by atoms with Crippen molar-refractivity contribution < 1.29 is 0 Å². The Kier molecular flexibility index (Phi) is 8.32. The molecule has 27 heavy (non-hydrogen) atoms. The fraction of sp³-hybridized carbons (Fsp3) is 0.238. The van der Waals surface area contributed by atoms with Crippen LogP contribution in [0.3, 0.4) is 0 Å². The van der Waals surface area contributed by atoms with E-state index in [9.17, 15) is 0 Å². The van der Waals surface area contributed by atoms with E-state index in [1.54, 1.807) is 13.2 Å². The summed E-state index contributed by atoms with van der Waals surface area (Å²) in [7, 11) is 1.79.